The van der Waals surface area contributed by atoms with Gasteiger partial charge in [0.25, 0.3) is 0 Å². The van der Waals surface area contributed by atoms with Crippen LogP contribution in [-0.2, 0) is 17.6 Å². The lowest BCUT2D eigenvalue weighted by Crippen LogP contribution is -2.39. The minimum atomic E-state index is -0.521. The normalized spacial score (nSPS) is 19.6. The Bertz CT molecular complexity index is 1690. The maximum atomic E-state index is 14.1. The number of Topliss-reactive ketones (excluding diaryl/α,β-unsaturated/α-hetero) is 1. The maximum absolute atomic E-state index is 14.1. The molecule has 0 fully saturated rings. The number of carbonyl (C=O) groups excluding carboxylic acids is 1. The number of fused-ring (bicyclic) bond motifs is 2. The van der Waals surface area contributed by atoms with E-state index in [0.717, 1.165) is 52.0 Å². The maximum Gasteiger partial charge on any atom is 0.162 e. The molecule has 6 rings (SSSR count). The second-order valence-corrected chi connectivity index (χ2v) is 13.3. The molecular weight excluding hydrogens is 572 g/mol. The highest BCUT2D eigenvalue weighted by Crippen LogP contribution is 2.57. The molecule has 2 aromatic heterocycles. The molecule has 0 spiro atoms. The third kappa shape index (κ3) is 3.95. The summed E-state index contributed by atoms with van der Waals surface area (Å²) in [6.45, 7) is 4.19. The number of hydrogen-bond acceptors (Lipinski definition) is 8. The summed E-state index contributed by atoms with van der Waals surface area (Å²) in [4.78, 5) is 22.0. The summed E-state index contributed by atoms with van der Waals surface area (Å²) in [5, 5.41) is 21.1. The predicted octanol–water partition coefficient (Wildman–Crippen LogP) is 6.62. The van der Waals surface area contributed by atoms with Crippen molar-refractivity contribution in [3.8, 4) is 12.1 Å². The molecule has 3 heterocycles. The molecule has 0 radical (unpaired) electrons. The van der Waals surface area contributed by atoms with E-state index in [1.807, 2.05) is 29.2 Å². The third-order valence-electron chi connectivity index (χ3n) is 8.00. The number of aromatic nitrogens is 1. The smallest absolute Gasteiger partial charge is 0.162 e. The van der Waals surface area contributed by atoms with Crippen LogP contribution >= 0.6 is 27.3 Å². The zero-order valence-electron chi connectivity index (χ0n) is 21.8. The molecule has 7 nitrogen and oxygen atoms in total. The molecule has 1 aliphatic heterocycles. The highest BCUT2D eigenvalue weighted by molar-refractivity contribution is 9.10. The van der Waals surface area contributed by atoms with Crippen molar-refractivity contribution in [1.82, 2.24) is 4.98 Å². The first-order chi connectivity index (χ1) is 18.6. The van der Waals surface area contributed by atoms with E-state index in [-0.39, 0.29) is 28.3 Å². The molecule has 9 heteroatoms. The van der Waals surface area contributed by atoms with Gasteiger partial charge in [0, 0.05) is 38.5 Å². The summed E-state index contributed by atoms with van der Waals surface area (Å²) >= 11 is 5.18. The molecule has 1 unspecified atom stereocenters. The third-order valence-corrected chi connectivity index (χ3v) is 9.77. The van der Waals surface area contributed by atoms with Crippen LogP contribution in [-0.4, -0.2) is 10.8 Å². The number of thiophene rings is 1. The molecule has 4 N–H and O–H groups in total. The molecule has 39 heavy (non-hydrogen) atoms. The van der Waals surface area contributed by atoms with E-state index < -0.39 is 5.92 Å². The Labute approximate surface area is 239 Å². The molecule has 0 bridgehead atoms. The van der Waals surface area contributed by atoms with Gasteiger partial charge in [0.05, 0.1) is 11.3 Å². The van der Waals surface area contributed by atoms with Crippen LogP contribution < -0.4 is 16.4 Å². The molecule has 0 saturated carbocycles. The number of aryl methyl sites for hydroxylation is 1. The summed E-state index contributed by atoms with van der Waals surface area (Å²) in [6, 6.07) is 12.4. The standard InChI is InChI=1S/C30H27BrN6OS/c1-30(2)11-20-24(21(38)12-30)23(15-6-5-7-16(31)10-15)25-26(34)19(14-33)27(35)36-28(25)37(20)29-18(13-32)17-8-3-4-9-22(17)39-29/h5-7,10,23H,3-4,8-9,11-12H2,1-2H3,(H4,34,35,36). The van der Waals surface area contributed by atoms with Gasteiger partial charge >= 0.3 is 0 Å². The van der Waals surface area contributed by atoms with Gasteiger partial charge in [0.15, 0.2) is 5.78 Å². The van der Waals surface area contributed by atoms with Gasteiger partial charge in [0.2, 0.25) is 0 Å². The van der Waals surface area contributed by atoms with Gasteiger partial charge in [-0.2, -0.15) is 10.5 Å². The predicted molar refractivity (Wildman–Crippen MR) is 157 cm³/mol. The number of anilines is 4. The number of carbonyl (C=O) groups is 1. The van der Waals surface area contributed by atoms with Crippen molar-refractivity contribution in [3.63, 3.8) is 0 Å². The summed E-state index contributed by atoms with van der Waals surface area (Å²) in [5.74, 6) is 0.0504. The number of benzene rings is 1. The number of rotatable bonds is 2. The van der Waals surface area contributed by atoms with E-state index in [2.05, 4.69) is 41.9 Å². The van der Waals surface area contributed by atoms with Gasteiger partial charge in [-0.15, -0.1) is 11.3 Å². The van der Waals surface area contributed by atoms with Gasteiger partial charge < -0.3 is 11.5 Å². The van der Waals surface area contributed by atoms with Crippen LogP contribution in [0.1, 0.15) is 78.1 Å². The van der Waals surface area contributed by atoms with Gasteiger partial charge in [-0.25, -0.2) is 4.98 Å². The average Bonchev–Trinajstić information content (AvgIpc) is 3.25. The molecule has 3 aromatic rings. The SMILES string of the molecule is CC1(C)CC(=O)C2=C(C1)N(c1sc3c(c1C#N)CCCC3)c1nc(N)c(C#N)c(N)c1C2c1cccc(Br)c1. The van der Waals surface area contributed by atoms with Crippen molar-refractivity contribution in [1.29, 1.82) is 10.5 Å². The van der Waals surface area contributed by atoms with E-state index in [1.54, 1.807) is 11.3 Å². The van der Waals surface area contributed by atoms with Crippen LogP contribution in [0, 0.1) is 28.1 Å². The molecule has 0 amide bonds. The van der Waals surface area contributed by atoms with E-state index in [1.165, 1.54) is 4.88 Å². The first-order valence-electron chi connectivity index (χ1n) is 13.0. The minimum absolute atomic E-state index is 0.0384. The van der Waals surface area contributed by atoms with Crippen LogP contribution in [0.3, 0.4) is 0 Å². The van der Waals surface area contributed by atoms with Crippen LogP contribution in [0.4, 0.5) is 22.3 Å². The first kappa shape index (κ1) is 25.6. The van der Waals surface area contributed by atoms with Crippen molar-refractivity contribution in [2.24, 2.45) is 5.41 Å². The zero-order chi connectivity index (χ0) is 27.6. The number of nitrogen functional groups attached to an aromatic ring is 2. The Morgan fingerprint density at radius 2 is 1.87 bits per heavy atom. The average molecular weight is 600 g/mol. The highest BCUT2D eigenvalue weighted by Gasteiger charge is 2.47. The Morgan fingerprint density at radius 3 is 2.59 bits per heavy atom. The van der Waals surface area contributed by atoms with E-state index in [9.17, 15) is 15.3 Å². The van der Waals surface area contributed by atoms with Gasteiger partial charge in [-0.05, 0) is 60.8 Å². The first-order valence-corrected chi connectivity index (χ1v) is 14.6. The molecule has 1 atom stereocenters. The fourth-order valence-electron chi connectivity index (χ4n) is 6.36. The van der Waals surface area contributed by atoms with E-state index in [4.69, 9.17) is 16.5 Å². The molecule has 2 aliphatic carbocycles. The Hall–Kier alpha value is -3.66. The molecule has 3 aliphatic rings. The number of pyridine rings is 1. The summed E-state index contributed by atoms with van der Waals surface area (Å²) < 4.78 is 0.870. The quantitative estimate of drug-likeness (QED) is 0.338. The van der Waals surface area contributed by atoms with Gasteiger partial charge in [0.1, 0.15) is 34.3 Å². The van der Waals surface area contributed by atoms with Crippen LogP contribution in [0.25, 0.3) is 0 Å². The van der Waals surface area contributed by atoms with Crippen LogP contribution in [0.5, 0.6) is 0 Å². The number of nitrogens with zero attached hydrogens (tertiary/aromatic N) is 4. The number of ketones is 1. The van der Waals surface area contributed by atoms with Crippen molar-refractivity contribution < 1.29 is 4.79 Å². The molecule has 196 valence electrons. The fraction of sp³-hybridized carbons (Fsp3) is 0.333. The number of allylic oxidation sites excluding steroid dienone is 2. The Balaban J connectivity index is 1.75. The summed E-state index contributed by atoms with van der Waals surface area (Å²) in [7, 11) is 0. The van der Waals surface area contributed by atoms with E-state index in [0.29, 0.717) is 35.4 Å². The second-order valence-electron chi connectivity index (χ2n) is 11.3. The monoisotopic (exact) mass is 598 g/mol. The lowest BCUT2D eigenvalue weighted by atomic mass is 9.68. The zero-order valence-corrected chi connectivity index (χ0v) is 24.2. The number of nitriles is 2. The van der Waals surface area contributed by atoms with Crippen molar-refractivity contribution in [2.45, 2.75) is 58.3 Å². The van der Waals surface area contributed by atoms with Crippen LogP contribution in [0.15, 0.2) is 40.0 Å². The molecular formula is C30H27BrN6OS. The topological polar surface area (TPSA) is 133 Å². The Kier molecular flexibility index (Phi) is 6.05. The van der Waals surface area contributed by atoms with Gasteiger partial charge in [-0.3, -0.25) is 9.69 Å². The fourth-order valence-corrected chi connectivity index (χ4v) is 8.14. The van der Waals surface area contributed by atoms with Crippen molar-refractivity contribution in [2.75, 3.05) is 16.4 Å². The molecule has 1 aromatic carbocycles. The lowest BCUT2D eigenvalue weighted by Gasteiger charge is -2.44. The largest absolute Gasteiger partial charge is 0.397 e. The second kappa shape index (κ2) is 9.22. The lowest BCUT2D eigenvalue weighted by molar-refractivity contribution is -0.118. The highest BCUT2D eigenvalue weighted by atomic mass is 79.9. The number of nitrogens with two attached hydrogens (primary N) is 2. The number of halogens is 1. The van der Waals surface area contributed by atoms with Crippen molar-refractivity contribution >= 4 is 55.4 Å². The molecule has 0 saturated heterocycles. The van der Waals surface area contributed by atoms with Gasteiger partial charge in [-0.1, -0.05) is 41.9 Å². The number of hydrogen-bond donors (Lipinski definition) is 2. The summed E-state index contributed by atoms with van der Waals surface area (Å²) in [5.41, 5.74) is 17.8. The van der Waals surface area contributed by atoms with E-state index >= 15 is 0 Å². The summed E-state index contributed by atoms with van der Waals surface area (Å²) in [6.07, 6.45) is 4.92. The van der Waals surface area contributed by atoms with Crippen molar-refractivity contribution in [3.05, 3.63) is 72.7 Å². The van der Waals surface area contributed by atoms with Crippen LogP contribution in [0.2, 0.25) is 0 Å². The minimum Gasteiger partial charge on any atom is -0.397 e. The Morgan fingerprint density at radius 1 is 1.13 bits per heavy atom.